The lowest BCUT2D eigenvalue weighted by molar-refractivity contribution is -0.130. The summed E-state index contributed by atoms with van der Waals surface area (Å²) in [7, 11) is 0. The summed E-state index contributed by atoms with van der Waals surface area (Å²) < 4.78 is 0. The van der Waals surface area contributed by atoms with Crippen LogP contribution < -0.4 is 10.6 Å². The van der Waals surface area contributed by atoms with Crippen molar-refractivity contribution in [2.75, 3.05) is 26.2 Å². The molecule has 0 spiro atoms. The first kappa shape index (κ1) is 21.0. The van der Waals surface area contributed by atoms with Crippen molar-refractivity contribution in [3.05, 3.63) is 66.0 Å². The molecule has 1 aliphatic heterocycles. The van der Waals surface area contributed by atoms with Crippen molar-refractivity contribution in [1.82, 2.24) is 20.5 Å². The standard InChI is InChI=1S/C23H30N4O2/c28-22-17-21(20-9-2-1-3-10-20)25-12-4-5-14-27(15-7-13-26-22)23(29)16-19-8-6-11-24-18-19/h1-3,6,8-11,18,21,25H,4-5,7,12-17H2,(H,26,28). The normalized spacial score (nSPS) is 19.4. The van der Waals surface area contributed by atoms with E-state index in [0.29, 0.717) is 25.9 Å². The maximum Gasteiger partial charge on any atom is 0.227 e. The van der Waals surface area contributed by atoms with Crippen molar-refractivity contribution >= 4 is 11.8 Å². The van der Waals surface area contributed by atoms with Crippen LogP contribution in [0.1, 0.15) is 42.9 Å². The Kier molecular flexibility index (Phi) is 8.19. The highest BCUT2D eigenvalue weighted by Crippen LogP contribution is 2.17. The number of nitrogens with zero attached hydrogens (tertiary/aromatic N) is 2. The van der Waals surface area contributed by atoms with Crippen LogP contribution in [-0.4, -0.2) is 47.9 Å². The van der Waals surface area contributed by atoms with Gasteiger partial charge in [-0.25, -0.2) is 0 Å². The van der Waals surface area contributed by atoms with Crippen LogP contribution in [0.15, 0.2) is 54.9 Å². The zero-order valence-corrected chi connectivity index (χ0v) is 16.8. The fraction of sp³-hybridized carbons (Fsp3) is 0.435. The Morgan fingerprint density at radius 1 is 1.03 bits per heavy atom. The molecule has 2 amide bonds. The van der Waals surface area contributed by atoms with E-state index in [0.717, 1.165) is 43.5 Å². The van der Waals surface area contributed by atoms with Crippen LogP contribution in [0.4, 0.5) is 0 Å². The lowest BCUT2D eigenvalue weighted by Crippen LogP contribution is -2.36. The first-order valence-electron chi connectivity index (χ1n) is 10.4. The summed E-state index contributed by atoms with van der Waals surface area (Å²) in [5.74, 6) is 0.160. The quantitative estimate of drug-likeness (QED) is 0.839. The largest absolute Gasteiger partial charge is 0.356 e. The summed E-state index contributed by atoms with van der Waals surface area (Å²) in [6.45, 7) is 2.80. The van der Waals surface area contributed by atoms with Crippen LogP contribution in [0.2, 0.25) is 0 Å². The highest BCUT2D eigenvalue weighted by Gasteiger charge is 2.17. The molecule has 2 aromatic rings. The minimum atomic E-state index is 0.0141. The Morgan fingerprint density at radius 2 is 1.86 bits per heavy atom. The van der Waals surface area contributed by atoms with Gasteiger partial charge in [0, 0.05) is 44.5 Å². The number of pyridine rings is 1. The van der Waals surface area contributed by atoms with E-state index in [2.05, 4.69) is 27.8 Å². The second-order valence-corrected chi connectivity index (χ2v) is 7.45. The number of amides is 2. The second kappa shape index (κ2) is 11.3. The van der Waals surface area contributed by atoms with Gasteiger partial charge in [0.2, 0.25) is 11.8 Å². The molecular weight excluding hydrogens is 364 g/mol. The van der Waals surface area contributed by atoms with Gasteiger partial charge >= 0.3 is 0 Å². The molecule has 0 aliphatic carbocycles. The lowest BCUT2D eigenvalue weighted by Gasteiger charge is -2.23. The van der Waals surface area contributed by atoms with Gasteiger partial charge in [0.1, 0.15) is 0 Å². The molecule has 154 valence electrons. The fourth-order valence-corrected chi connectivity index (χ4v) is 3.60. The minimum absolute atomic E-state index is 0.0141. The molecular formula is C23H30N4O2. The van der Waals surface area contributed by atoms with E-state index < -0.39 is 0 Å². The van der Waals surface area contributed by atoms with Gasteiger partial charge in [-0.05, 0) is 43.0 Å². The Bertz CT molecular complexity index is 767. The average Bonchev–Trinajstić information content (AvgIpc) is 2.76. The molecule has 1 aliphatic rings. The minimum Gasteiger partial charge on any atom is -0.356 e. The van der Waals surface area contributed by atoms with Crippen LogP contribution >= 0.6 is 0 Å². The van der Waals surface area contributed by atoms with Crippen molar-refractivity contribution < 1.29 is 9.59 Å². The van der Waals surface area contributed by atoms with Crippen molar-refractivity contribution in [3.63, 3.8) is 0 Å². The molecule has 2 heterocycles. The fourth-order valence-electron chi connectivity index (χ4n) is 3.60. The summed E-state index contributed by atoms with van der Waals surface area (Å²) in [6.07, 6.45) is 6.91. The first-order valence-corrected chi connectivity index (χ1v) is 10.4. The number of hydrogen-bond acceptors (Lipinski definition) is 4. The van der Waals surface area contributed by atoms with Gasteiger partial charge in [-0.3, -0.25) is 14.6 Å². The highest BCUT2D eigenvalue weighted by atomic mass is 16.2. The van der Waals surface area contributed by atoms with Gasteiger partial charge in [0.05, 0.1) is 6.42 Å². The summed E-state index contributed by atoms with van der Waals surface area (Å²) in [5, 5.41) is 6.52. The predicted molar refractivity (Wildman–Crippen MR) is 113 cm³/mol. The molecule has 3 rings (SSSR count). The summed E-state index contributed by atoms with van der Waals surface area (Å²) in [6, 6.07) is 13.9. The first-order chi connectivity index (χ1) is 14.2. The van der Waals surface area contributed by atoms with E-state index in [1.807, 2.05) is 35.2 Å². The summed E-state index contributed by atoms with van der Waals surface area (Å²) in [5.41, 5.74) is 2.06. The lowest BCUT2D eigenvalue weighted by atomic mass is 10.0. The monoisotopic (exact) mass is 394 g/mol. The molecule has 1 saturated heterocycles. The number of carbonyl (C=O) groups excluding carboxylic acids is 2. The maximum atomic E-state index is 12.7. The molecule has 1 aromatic carbocycles. The number of aromatic nitrogens is 1. The molecule has 1 unspecified atom stereocenters. The van der Waals surface area contributed by atoms with Crippen molar-refractivity contribution in [2.45, 2.75) is 38.1 Å². The molecule has 0 radical (unpaired) electrons. The third-order valence-electron chi connectivity index (χ3n) is 5.19. The smallest absolute Gasteiger partial charge is 0.227 e. The van der Waals surface area contributed by atoms with Gasteiger partial charge < -0.3 is 15.5 Å². The van der Waals surface area contributed by atoms with Crippen LogP contribution in [0.3, 0.4) is 0 Å². The number of nitrogens with one attached hydrogen (secondary N) is 2. The average molecular weight is 395 g/mol. The zero-order chi connectivity index (χ0) is 20.3. The number of benzene rings is 1. The van der Waals surface area contributed by atoms with Crippen molar-refractivity contribution in [3.8, 4) is 0 Å². The van der Waals surface area contributed by atoms with Gasteiger partial charge in [-0.1, -0.05) is 36.4 Å². The van der Waals surface area contributed by atoms with E-state index in [1.165, 1.54) is 0 Å². The molecule has 1 aromatic heterocycles. The van der Waals surface area contributed by atoms with Crippen molar-refractivity contribution in [1.29, 1.82) is 0 Å². The van der Waals surface area contributed by atoms with Crippen LogP contribution in [0.25, 0.3) is 0 Å². The molecule has 6 heteroatoms. The third kappa shape index (κ3) is 6.98. The van der Waals surface area contributed by atoms with Gasteiger partial charge in [-0.15, -0.1) is 0 Å². The van der Waals surface area contributed by atoms with E-state index in [-0.39, 0.29) is 17.9 Å². The van der Waals surface area contributed by atoms with E-state index >= 15 is 0 Å². The number of carbonyl (C=O) groups is 2. The van der Waals surface area contributed by atoms with Crippen LogP contribution in [0, 0.1) is 0 Å². The molecule has 29 heavy (non-hydrogen) atoms. The van der Waals surface area contributed by atoms with E-state index in [9.17, 15) is 9.59 Å². The Balaban J connectivity index is 1.58. The van der Waals surface area contributed by atoms with Crippen molar-refractivity contribution in [2.24, 2.45) is 0 Å². The van der Waals surface area contributed by atoms with E-state index in [1.54, 1.807) is 12.4 Å². The summed E-state index contributed by atoms with van der Waals surface area (Å²) in [4.78, 5) is 31.1. The molecule has 0 saturated carbocycles. The number of hydrogen-bond donors (Lipinski definition) is 2. The topological polar surface area (TPSA) is 74.3 Å². The molecule has 1 atom stereocenters. The van der Waals surface area contributed by atoms with Gasteiger partial charge in [0.25, 0.3) is 0 Å². The zero-order valence-electron chi connectivity index (χ0n) is 16.8. The van der Waals surface area contributed by atoms with Crippen LogP contribution in [-0.2, 0) is 16.0 Å². The SMILES string of the molecule is O=C1CC(c2ccccc2)NCCCCN(C(=O)Cc2cccnc2)CCCN1. The second-order valence-electron chi connectivity index (χ2n) is 7.45. The molecule has 2 N–H and O–H groups in total. The Labute approximate surface area is 172 Å². The summed E-state index contributed by atoms with van der Waals surface area (Å²) >= 11 is 0. The molecule has 6 nitrogen and oxygen atoms in total. The molecule has 1 fully saturated rings. The number of rotatable bonds is 3. The maximum absolute atomic E-state index is 12.7. The third-order valence-corrected chi connectivity index (χ3v) is 5.19. The predicted octanol–water partition coefficient (Wildman–Crippen LogP) is 2.47. The van der Waals surface area contributed by atoms with Gasteiger partial charge in [0.15, 0.2) is 0 Å². The van der Waals surface area contributed by atoms with Crippen LogP contribution in [0.5, 0.6) is 0 Å². The van der Waals surface area contributed by atoms with E-state index in [4.69, 9.17) is 0 Å². The molecule has 0 bridgehead atoms. The van der Waals surface area contributed by atoms with Gasteiger partial charge in [-0.2, -0.15) is 0 Å². The Morgan fingerprint density at radius 3 is 2.66 bits per heavy atom. The Hall–Kier alpha value is -2.73. The highest BCUT2D eigenvalue weighted by molar-refractivity contribution is 5.78.